The zero-order valence-electron chi connectivity index (χ0n) is 12.4. The number of carboxylic acids is 1. The molecule has 0 radical (unpaired) electrons. The standard InChI is InChI=1S/C15H20ClN3O3/c1-2-19(9-14(20)21)11-7-10(8-11)17-15(22)18-13-6-4-3-5-12(13)16/h3-6,10-11H,2,7-9H2,1H3,(H,20,21)(H2,17,18,22). The summed E-state index contributed by atoms with van der Waals surface area (Å²) < 4.78 is 0. The molecule has 0 aliphatic heterocycles. The fourth-order valence-corrected chi connectivity index (χ4v) is 2.77. The predicted molar refractivity (Wildman–Crippen MR) is 85.3 cm³/mol. The maximum Gasteiger partial charge on any atom is 0.319 e. The van der Waals surface area contributed by atoms with E-state index in [0.29, 0.717) is 17.3 Å². The van der Waals surface area contributed by atoms with Gasteiger partial charge in [0, 0.05) is 12.1 Å². The minimum Gasteiger partial charge on any atom is -0.480 e. The molecule has 1 aromatic carbocycles. The van der Waals surface area contributed by atoms with E-state index in [0.717, 1.165) is 12.8 Å². The highest BCUT2D eigenvalue weighted by Crippen LogP contribution is 2.26. The van der Waals surface area contributed by atoms with Crippen molar-refractivity contribution >= 4 is 29.3 Å². The first kappa shape index (κ1) is 16.6. The summed E-state index contributed by atoms with van der Waals surface area (Å²) in [5.74, 6) is -0.824. The SMILES string of the molecule is CCN(CC(=O)O)C1CC(NC(=O)Nc2ccccc2Cl)C1. The molecule has 2 amide bonds. The highest BCUT2D eigenvalue weighted by molar-refractivity contribution is 6.33. The quantitative estimate of drug-likeness (QED) is 0.750. The fourth-order valence-electron chi connectivity index (χ4n) is 2.58. The average Bonchev–Trinajstić information content (AvgIpc) is 2.42. The van der Waals surface area contributed by atoms with Gasteiger partial charge in [0.1, 0.15) is 0 Å². The normalized spacial score (nSPS) is 20.3. The van der Waals surface area contributed by atoms with Crippen molar-refractivity contribution in [2.24, 2.45) is 0 Å². The Morgan fingerprint density at radius 3 is 2.64 bits per heavy atom. The molecule has 0 atom stereocenters. The number of nitrogens with zero attached hydrogens (tertiary/aromatic N) is 1. The molecule has 0 bridgehead atoms. The van der Waals surface area contributed by atoms with Crippen LogP contribution in [0.25, 0.3) is 0 Å². The molecule has 0 saturated heterocycles. The van der Waals surface area contributed by atoms with Gasteiger partial charge >= 0.3 is 12.0 Å². The van der Waals surface area contributed by atoms with Gasteiger partial charge in [-0.1, -0.05) is 30.7 Å². The van der Waals surface area contributed by atoms with Crippen LogP contribution in [0.1, 0.15) is 19.8 Å². The topological polar surface area (TPSA) is 81.7 Å². The lowest BCUT2D eigenvalue weighted by Gasteiger charge is -2.42. The molecule has 0 heterocycles. The second kappa shape index (κ2) is 7.47. The van der Waals surface area contributed by atoms with Gasteiger partial charge in [-0.3, -0.25) is 9.69 Å². The fraction of sp³-hybridized carbons (Fsp3) is 0.467. The first-order valence-electron chi connectivity index (χ1n) is 7.27. The first-order valence-corrected chi connectivity index (χ1v) is 7.65. The third-order valence-corrected chi connectivity index (χ3v) is 4.16. The number of amides is 2. The molecule has 120 valence electrons. The summed E-state index contributed by atoms with van der Waals surface area (Å²) >= 11 is 5.98. The summed E-state index contributed by atoms with van der Waals surface area (Å²) in [7, 11) is 0. The van der Waals surface area contributed by atoms with Crippen LogP contribution in [0.5, 0.6) is 0 Å². The smallest absolute Gasteiger partial charge is 0.319 e. The number of nitrogens with one attached hydrogen (secondary N) is 2. The third kappa shape index (κ3) is 4.35. The lowest BCUT2D eigenvalue weighted by atomic mass is 9.85. The van der Waals surface area contributed by atoms with E-state index in [9.17, 15) is 9.59 Å². The molecule has 0 unspecified atom stereocenters. The molecule has 1 aliphatic carbocycles. The van der Waals surface area contributed by atoms with Crippen molar-refractivity contribution in [2.75, 3.05) is 18.4 Å². The Hall–Kier alpha value is -1.79. The van der Waals surface area contributed by atoms with Crippen LogP contribution < -0.4 is 10.6 Å². The van der Waals surface area contributed by atoms with Gasteiger partial charge in [0.15, 0.2) is 0 Å². The van der Waals surface area contributed by atoms with Crippen LogP contribution in [-0.4, -0.2) is 47.2 Å². The van der Waals surface area contributed by atoms with Crippen molar-refractivity contribution in [3.05, 3.63) is 29.3 Å². The van der Waals surface area contributed by atoms with Gasteiger partial charge in [-0.05, 0) is 31.5 Å². The summed E-state index contributed by atoms with van der Waals surface area (Å²) in [6, 6.07) is 7.02. The minimum absolute atomic E-state index is 0.0414. The Morgan fingerprint density at radius 2 is 2.05 bits per heavy atom. The average molecular weight is 326 g/mol. The van der Waals surface area contributed by atoms with Crippen LogP contribution in [0.15, 0.2) is 24.3 Å². The van der Waals surface area contributed by atoms with Gasteiger partial charge in [-0.2, -0.15) is 0 Å². The summed E-state index contributed by atoms with van der Waals surface area (Å²) in [6.45, 7) is 2.67. The molecule has 1 fully saturated rings. The van der Waals surface area contributed by atoms with E-state index < -0.39 is 5.97 Å². The number of anilines is 1. The number of aliphatic carboxylic acids is 1. The Morgan fingerprint density at radius 1 is 1.36 bits per heavy atom. The number of hydrogen-bond donors (Lipinski definition) is 3. The molecular weight excluding hydrogens is 306 g/mol. The van der Waals surface area contributed by atoms with Crippen LogP contribution in [0, 0.1) is 0 Å². The highest BCUT2D eigenvalue weighted by Gasteiger charge is 2.34. The van der Waals surface area contributed by atoms with Crippen LogP contribution in [0.2, 0.25) is 5.02 Å². The number of rotatable bonds is 6. The Bertz CT molecular complexity index is 547. The van der Waals surface area contributed by atoms with Crippen molar-refractivity contribution in [2.45, 2.75) is 31.8 Å². The maximum absolute atomic E-state index is 11.9. The molecule has 0 spiro atoms. The number of carbonyl (C=O) groups is 2. The Kier molecular flexibility index (Phi) is 5.63. The van der Waals surface area contributed by atoms with E-state index in [1.165, 1.54) is 0 Å². The second-order valence-corrected chi connectivity index (χ2v) is 5.76. The molecule has 3 N–H and O–H groups in total. The lowest BCUT2D eigenvalue weighted by Crippen LogP contribution is -2.55. The van der Waals surface area contributed by atoms with E-state index in [-0.39, 0.29) is 24.7 Å². The molecule has 6 nitrogen and oxygen atoms in total. The van der Waals surface area contributed by atoms with Crippen molar-refractivity contribution in [1.82, 2.24) is 10.2 Å². The zero-order chi connectivity index (χ0) is 16.1. The number of carboxylic acid groups (broad SMARTS) is 1. The number of hydrogen-bond acceptors (Lipinski definition) is 3. The van der Waals surface area contributed by atoms with Gasteiger partial charge in [0.25, 0.3) is 0 Å². The summed E-state index contributed by atoms with van der Waals surface area (Å²) in [4.78, 5) is 24.6. The highest BCUT2D eigenvalue weighted by atomic mass is 35.5. The molecule has 22 heavy (non-hydrogen) atoms. The van der Waals surface area contributed by atoms with Crippen molar-refractivity contribution in [1.29, 1.82) is 0 Å². The number of para-hydroxylation sites is 1. The third-order valence-electron chi connectivity index (χ3n) is 3.83. The Labute approximate surface area is 134 Å². The van der Waals surface area contributed by atoms with Crippen molar-refractivity contribution in [3.8, 4) is 0 Å². The molecule has 1 saturated carbocycles. The number of likely N-dealkylation sites (N-methyl/N-ethyl adjacent to an activating group) is 1. The minimum atomic E-state index is -0.824. The van der Waals surface area contributed by atoms with E-state index in [4.69, 9.17) is 16.7 Å². The van der Waals surface area contributed by atoms with Crippen LogP contribution in [0.3, 0.4) is 0 Å². The number of carbonyl (C=O) groups excluding carboxylic acids is 1. The molecule has 1 aliphatic rings. The van der Waals surface area contributed by atoms with Crippen molar-refractivity contribution < 1.29 is 14.7 Å². The second-order valence-electron chi connectivity index (χ2n) is 5.36. The number of urea groups is 1. The predicted octanol–water partition coefficient (Wildman–Crippen LogP) is 2.40. The number of halogens is 1. The lowest BCUT2D eigenvalue weighted by molar-refractivity contribution is -0.139. The molecule has 2 rings (SSSR count). The van der Waals surface area contributed by atoms with Gasteiger partial charge in [0.05, 0.1) is 17.3 Å². The van der Waals surface area contributed by atoms with Crippen molar-refractivity contribution in [3.63, 3.8) is 0 Å². The molecule has 7 heteroatoms. The van der Waals surface area contributed by atoms with E-state index in [1.807, 2.05) is 11.8 Å². The van der Waals surface area contributed by atoms with Crippen LogP contribution >= 0.6 is 11.6 Å². The first-order chi connectivity index (χ1) is 10.5. The Balaban J connectivity index is 1.76. The van der Waals surface area contributed by atoms with Crippen LogP contribution in [-0.2, 0) is 4.79 Å². The van der Waals surface area contributed by atoms with Crippen LogP contribution in [0.4, 0.5) is 10.5 Å². The summed E-state index contributed by atoms with van der Waals surface area (Å²) in [5, 5.41) is 14.9. The largest absolute Gasteiger partial charge is 0.480 e. The van der Waals surface area contributed by atoms with E-state index in [2.05, 4.69) is 10.6 Å². The van der Waals surface area contributed by atoms with Gasteiger partial charge < -0.3 is 15.7 Å². The van der Waals surface area contributed by atoms with Gasteiger partial charge in [-0.25, -0.2) is 4.79 Å². The molecule has 0 aromatic heterocycles. The number of benzene rings is 1. The van der Waals surface area contributed by atoms with Gasteiger partial charge in [-0.15, -0.1) is 0 Å². The molecular formula is C15H20ClN3O3. The summed E-state index contributed by atoms with van der Waals surface area (Å²) in [5.41, 5.74) is 0.568. The monoisotopic (exact) mass is 325 g/mol. The summed E-state index contributed by atoms with van der Waals surface area (Å²) in [6.07, 6.45) is 1.52. The van der Waals surface area contributed by atoms with E-state index >= 15 is 0 Å². The zero-order valence-corrected chi connectivity index (χ0v) is 13.1. The van der Waals surface area contributed by atoms with Gasteiger partial charge in [0.2, 0.25) is 0 Å². The molecule has 1 aromatic rings. The van der Waals surface area contributed by atoms with E-state index in [1.54, 1.807) is 24.3 Å². The maximum atomic E-state index is 11.9.